The van der Waals surface area contributed by atoms with Gasteiger partial charge >= 0.3 is 0 Å². The Balaban J connectivity index is 1.41. The van der Waals surface area contributed by atoms with Gasteiger partial charge in [-0.05, 0) is 26.0 Å². The van der Waals surface area contributed by atoms with Gasteiger partial charge in [0.15, 0.2) is 0 Å². The molecule has 0 spiro atoms. The lowest BCUT2D eigenvalue weighted by Gasteiger charge is -2.10. The third kappa shape index (κ3) is 3.93. The number of nitrogens with one attached hydrogen (secondary N) is 1. The molecule has 0 aliphatic heterocycles. The van der Waals surface area contributed by atoms with Crippen molar-refractivity contribution in [2.75, 3.05) is 0 Å². The van der Waals surface area contributed by atoms with Crippen LogP contribution in [0.3, 0.4) is 0 Å². The summed E-state index contributed by atoms with van der Waals surface area (Å²) in [7, 11) is 0. The normalized spacial score (nSPS) is 12.2. The van der Waals surface area contributed by atoms with Gasteiger partial charge in [-0.15, -0.1) is 11.3 Å². The number of hydrogen-bond donors (Lipinski definition) is 1. The molecule has 1 unspecified atom stereocenters. The lowest BCUT2D eigenvalue weighted by molar-refractivity contribution is -0.121. The minimum Gasteiger partial charge on any atom is -0.459 e. The average Bonchev–Trinajstić information content (AvgIpc) is 3.29. The zero-order valence-corrected chi connectivity index (χ0v) is 16.0. The van der Waals surface area contributed by atoms with Gasteiger partial charge in [0.2, 0.25) is 5.91 Å². The van der Waals surface area contributed by atoms with Crippen molar-refractivity contribution in [2.45, 2.75) is 26.3 Å². The van der Waals surface area contributed by atoms with Gasteiger partial charge < -0.3 is 9.73 Å². The van der Waals surface area contributed by atoms with E-state index in [-0.39, 0.29) is 18.4 Å². The van der Waals surface area contributed by atoms with Gasteiger partial charge in [-0.3, -0.25) is 4.79 Å². The molecule has 0 aliphatic rings. The molecule has 1 atom stereocenters. The molecule has 0 bridgehead atoms. The quantitative estimate of drug-likeness (QED) is 0.515. The standard InChI is InChI=1S/C22H20N2O2S/c1-14-7-9-16(10-8-14)22-24-18(13-27-22)12-21(25)23-15(2)20-11-17-5-3-4-6-19(17)26-20/h3-11,13,15H,12H2,1-2H3,(H,23,25). The first kappa shape index (κ1) is 17.5. The number of nitrogens with zero attached hydrogens (tertiary/aromatic N) is 1. The second kappa shape index (κ2) is 7.37. The molecule has 4 nitrogen and oxygen atoms in total. The summed E-state index contributed by atoms with van der Waals surface area (Å²) in [6, 6.07) is 17.9. The molecule has 4 aromatic rings. The van der Waals surface area contributed by atoms with Crippen molar-refractivity contribution in [2.24, 2.45) is 0 Å². The molecule has 1 amide bonds. The predicted molar refractivity (Wildman–Crippen MR) is 109 cm³/mol. The van der Waals surface area contributed by atoms with Gasteiger partial charge in [0.05, 0.1) is 18.2 Å². The molecule has 1 N–H and O–H groups in total. The zero-order valence-electron chi connectivity index (χ0n) is 15.2. The Kier molecular flexibility index (Phi) is 4.77. The minimum atomic E-state index is -0.194. The van der Waals surface area contributed by atoms with Crippen LogP contribution in [-0.4, -0.2) is 10.9 Å². The third-order valence-corrected chi connectivity index (χ3v) is 5.38. The van der Waals surface area contributed by atoms with Crippen LogP contribution in [0.5, 0.6) is 0 Å². The van der Waals surface area contributed by atoms with Crippen molar-refractivity contribution < 1.29 is 9.21 Å². The molecule has 2 aromatic carbocycles. The smallest absolute Gasteiger partial charge is 0.226 e. The topological polar surface area (TPSA) is 55.1 Å². The van der Waals surface area contributed by atoms with E-state index < -0.39 is 0 Å². The fourth-order valence-corrected chi connectivity index (χ4v) is 3.79. The summed E-state index contributed by atoms with van der Waals surface area (Å²) >= 11 is 1.56. The van der Waals surface area contributed by atoms with Gasteiger partial charge in [-0.2, -0.15) is 0 Å². The van der Waals surface area contributed by atoms with Crippen LogP contribution in [-0.2, 0) is 11.2 Å². The fourth-order valence-electron chi connectivity index (χ4n) is 2.96. The highest BCUT2D eigenvalue weighted by Crippen LogP contribution is 2.25. The van der Waals surface area contributed by atoms with E-state index in [0.29, 0.717) is 0 Å². The summed E-state index contributed by atoms with van der Waals surface area (Å²) in [5, 5.41) is 6.91. The van der Waals surface area contributed by atoms with Crippen molar-refractivity contribution >= 4 is 28.2 Å². The van der Waals surface area contributed by atoms with E-state index in [1.54, 1.807) is 11.3 Å². The molecule has 0 saturated carbocycles. The summed E-state index contributed by atoms with van der Waals surface area (Å²) < 4.78 is 5.82. The molecule has 0 aliphatic carbocycles. The first-order chi connectivity index (χ1) is 13.1. The van der Waals surface area contributed by atoms with E-state index in [1.807, 2.05) is 42.6 Å². The molecule has 27 heavy (non-hydrogen) atoms. The van der Waals surface area contributed by atoms with Crippen LogP contribution in [0.4, 0.5) is 0 Å². The van der Waals surface area contributed by atoms with Gasteiger partial charge in [0, 0.05) is 16.3 Å². The zero-order chi connectivity index (χ0) is 18.8. The summed E-state index contributed by atoms with van der Waals surface area (Å²) in [5.41, 5.74) is 3.91. The highest BCUT2D eigenvalue weighted by atomic mass is 32.1. The summed E-state index contributed by atoms with van der Waals surface area (Å²) in [6.45, 7) is 3.99. The summed E-state index contributed by atoms with van der Waals surface area (Å²) in [6.07, 6.45) is 0.257. The number of rotatable bonds is 5. The highest BCUT2D eigenvalue weighted by Gasteiger charge is 2.15. The fraction of sp³-hybridized carbons (Fsp3) is 0.182. The first-order valence-electron chi connectivity index (χ1n) is 8.88. The number of para-hydroxylation sites is 1. The minimum absolute atomic E-state index is 0.0660. The number of aryl methyl sites for hydroxylation is 1. The number of furan rings is 1. The number of benzene rings is 2. The number of amides is 1. The van der Waals surface area contributed by atoms with E-state index in [4.69, 9.17) is 4.42 Å². The van der Waals surface area contributed by atoms with Crippen LogP contribution < -0.4 is 5.32 Å². The second-order valence-electron chi connectivity index (χ2n) is 6.66. The van der Waals surface area contributed by atoms with Crippen LogP contribution in [0.15, 0.2) is 64.4 Å². The maximum Gasteiger partial charge on any atom is 0.226 e. The lowest BCUT2D eigenvalue weighted by Crippen LogP contribution is -2.27. The SMILES string of the molecule is Cc1ccc(-c2nc(CC(=O)NC(C)c3cc4ccccc4o3)cs2)cc1. The van der Waals surface area contributed by atoms with Crippen molar-refractivity contribution in [3.05, 3.63) is 77.0 Å². The van der Waals surface area contributed by atoms with E-state index >= 15 is 0 Å². The molecule has 0 fully saturated rings. The van der Waals surface area contributed by atoms with E-state index in [1.165, 1.54) is 5.56 Å². The number of carbonyl (C=O) groups excluding carboxylic acids is 1. The Bertz CT molecular complexity index is 1050. The van der Waals surface area contributed by atoms with Crippen LogP contribution >= 0.6 is 11.3 Å². The van der Waals surface area contributed by atoms with E-state index in [2.05, 4.69) is 41.5 Å². The Morgan fingerprint density at radius 2 is 1.96 bits per heavy atom. The molecule has 0 saturated heterocycles. The maximum atomic E-state index is 12.4. The van der Waals surface area contributed by atoms with Crippen LogP contribution in [0.2, 0.25) is 0 Å². The second-order valence-corrected chi connectivity index (χ2v) is 7.52. The Labute approximate surface area is 161 Å². The summed E-state index contributed by atoms with van der Waals surface area (Å²) in [5.74, 6) is 0.687. The van der Waals surface area contributed by atoms with Crippen molar-refractivity contribution in [3.8, 4) is 10.6 Å². The van der Waals surface area contributed by atoms with E-state index in [0.717, 1.165) is 33.0 Å². The van der Waals surface area contributed by atoms with Crippen molar-refractivity contribution in [3.63, 3.8) is 0 Å². The van der Waals surface area contributed by atoms with Crippen molar-refractivity contribution in [1.82, 2.24) is 10.3 Å². The predicted octanol–water partition coefficient (Wildman–Crippen LogP) is 5.28. The van der Waals surface area contributed by atoms with Crippen molar-refractivity contribution in [1.29, 1.82) is 0 Å². The number of fused-ring (bicyclic) bond motifs is 1. The number of thiazole rings is 1. The average molecular weight is 376 g/mol. The third-order valence-electron chi connectivity index (χ3n) is 4.44. The molecule has 2 aromatic heterocycles. The van der Waals surface area contributed by atoms with Gasteiger partial charge in [0.1, 0.15) is 16.4 Å². The monoisotopic (exact) mass is 376 g/mol. The molecule has 0 radical (unpaired) electrons. The molecule has 136 valence electrons. The number of carbonyl (C=O) groups is 1. The van der Waals surface area contributed by atoms with Crippen LogP contribution in [0.25, 0.3) is 21.5 Å². The number of aromatic nitrogens is 1. The molecule has 4 rings (SSSR count). The number of hydrogen-bond acceptors (Lipinski definition) is 4. The molecular formula is C22H20N2O2S. The highest BCUT2D eigenvalue weighted by molar-refractivity contribution is 7.13. The Hall–Kier alpha value is -2.92. The Morgan fingerprint density at radius 3 is 2.74 bits per heavy atom. The summed E-state index contributed by atoms with van der Waals surface area (Å²) in [4.78, 5) is 17.0. The molecular weight excluding hydrogens is 356 g/mol. The Morgan fingerprint density at radius 1 is 1.19 bits per heavy atom. The maximum absolute atomic E-state index is 12.4. The van der Waals surface area contributed by atoms with Gasteiger partial charge in [-0.1, -0.05) is 48.0 Å². The lowest BCUT2D eigenvalue weighted by atomic mass is 10.2. The van der Waals surface area contributed by atoms with E-state index in [9.17, 15) is 4.79 Å². The first-order valence-corrected chi connectivity index (χ1v) is 9.76. The van der Waals surface area contributed by atoms with Crippen LogP contribution in [0.1, 0.15) is 30.0 Å². The van der Waals surface area contributed by atoms with Gasteiger partial charge in [0.25, 0.3) is 0 Å². The largest absolute Gasteiger partial charge is 0.459 e. The van der Waals surface area contributed by atoms with Crippen LogP contribution in [0, 0.1) is 6.92 Å². The molecule has 2 heterocycles. The molecule has 5 heteroatoms. The van der Waals surface area contributed by atoms with Gasteiger partial charge in [-0.25, -0.2) is 4.98 Å².